The molecule has 1 unspecified atom stereocenters. The molecule has 1 aliphatic heterocycles. The van der Waals surface area contributed by atoms with Crippen LogP contribution in [0.1, 0.15) is 18.1 Å². The number of hydrogen-bond donors (Lipinski definition) is 1. The highest BCUT2D eigenvalue weighted by Gasteiger charge is 2.31. The predicted molar refractivity (Wildman–Crippen MR) is 85.8 cm³/mol. The topological polar surface area (TPSA) is 58.6 Å². The third kappa shape index (κ3) is 3.65. The van der Waals surface area contributed by atoms with Crippen LogP contribution in [0.4, 0.5) is 0 Å². The molecule has 118 valence electrons. The summed E-state index contributed by atoms with van der Waals surface area (Å²) in [6, 6.07) is 3.71. The van der Waals surface area contributed by atoms with Gasteiger partial charge in [0.1, 0.15) is 0 Å². The Hall–Kier alpha value is -0.470. The standard InChI is InChI=1S/C14H21BrN2O3S/c1-10-9-17(4-5-20-10)21(18,19)14-7-12(8-16-3)6-13(15)11(14)2/h6-7,10,16H,4-5,8-9H2,1-3H3. The Morgan fingerprint density at radius 1 is 1.48 bits per heavy atom. The lowest BCUT2D eigenvalue weighted by Crippen LogP contribution is -2.44. The molecule has 1 aromatic carbocycles. The SMILES string of the molecule is CNCc1cc(Br)c(C)c(S(=O)(=O)N2CCOC(C)C2)c1. The van der Waals surface area contributed by atoms with Gasteiger partial charge in [0.25, 0.3) is 0 Å². The smallest absolute Gasteiger partial charge is 0.243 e. The van der Waals surface area contributed by atoms with Crippen LogP contribution in [0, 0.1) is 6.92 Å². The van der Waals surface area contributed by atoms with Crippen LogP contribution in [-0.2, 0) is 21.3 Å². The zero-order valence-electron chi connectivity index (χ0n) is 12.5. The molecule has 1 saturated heterocycles. The van der Waals surface area contributed by atoms with Crippen molar-refractivity contribution in [1.82, 2.24) is 9.62 Å². The Balaban J connectivity index is 2.43. The first-order valence-corrected chi connectivity index (χ1v) is 9.15. The van der Waals surface area contributed by atoms with Gasteiger partial charge in [0.05, 0.1) is 17.6 Å². The van der Waals surface area contributed by atoms with Gasteiger partial charge in [-0.2, -0.15) is 4.31 Å². The van der Waals surface area contributed by atoms with E-state index in [9.17, 15) is 8.42 Å². The molecule has 1 fully saturated rings. The minimum absolute atomic E-state index is 0.0715. The summed E-state index contributed by atoms with van der Waals surface area (Å²) in [6.45, 7) is 5.58. The molecule has 2 rings (SSSR count). The van der Waals surface area contributed by atoms with Gasteiger partial charge < -0.3 is 10.1 Å². The van der Waals surface area contributed by atoms with E-state index in [0.29, 0.717) is 31.1 Å². The van der Waals surface area contributed by atoms with Gasteiger partial charge in [-0.15, -0.1) is 0 Å². The Morgan fingerprint density at radius 2 is 2.19 bits per heavy atom. The monoisotopic (exact) mass is 376 g/mol. The molecule has 0 amide bonds. The lowest BCUT2D eigenvalue weighted by atomic mass is 10.1. The van der Waals surface area contributed by atoms with Crippen LogP contribution in [-0.4, -0.2) is 45.6 Å². The number of rotatable bonds is 4. The van der Waals surface area contributed by atoms with Crippen LogP contribution in [0.25, 0.3) is 0 Å². The Kier molecular flexibility index (Phi) is 5.43. The van der Waals surface area contributed by atoms with Crippen molar-refractivity contribution in [2.24, 2.45) is 0 Å². The first-order valence-electron chi connectivity index (χ1n) is 6.91. The third-order valence-electron chi connectivity index (χ3n) is 3.56. The van der Waals surface area contributed by atoms with E-state index in [0.717, 1.165) is 15.6 Å². The molecule has 5 nitrogen and oxygen atoms in total. The highest BCUT2D eigenvalue weighted by molar-refractivity contribution is 9.10. The minimum Gasteiger partial charge on any atom is -0.376 e. The van der Waals surface area contributed by atoms with Crippen molar-refractivity contribution in [3.05, 3.63) is 27.7 Å². The van der Waals surface area contributed by atoms with E-state index in [1.807, 2.05) is 27.0 Å². The molecule has 0 aromatic heterocycles. The molecule has 0 radical (unpaired) electrons. The summed E-state index contributed by atoms with van der Waals surface area (Å²) < 4.78 is 33.5. The fourth-order valence-corrected chi connectivity index (χ4v) is 4.86. The molecule has 0 spiro atoms. The quantitative estimate of drug-likeness (QED) is 0.871. The number of benzene rings is 1. The van der Waals surface area contributed by atoms with Crippen molar-refractivity contribution in [1.29, 1.82) is 0 Å². The first-order chi connectivity index (χ1) is 9.86. The maximum absolute atomic E-state index is 12.9. The van der Waals surface area contributed by atoms with Gasteiger partial charge in [-0.3, -0.25) is 0 Å². The predicted octanol–water partition coefficient (Wildman–Crippen LogP) is 1.89. The number of nitrogens with one attached hydrogen (secondary N) is 1. The Labute approximate surface area is 134 Å². The van der Waals surface area contributed by atoms with Gasteiger partial charge in [-0.05, 0) is 44.2 Å². The van der Waals surface area contributed by atoms with Crippen LogP contribution < -0.4 is 5.32 Å². The van der Waals surface area contributed by atoms with Gasteiger partial charge in [0.2, 0.25) is 10.0 Å². The second kappa shape index (κ2) is 6.75. The van der Waals surface area contributed by atoms with Crippen molar-refractivity contribution >= 4 is 26.0 Å². The Bertz CT molecular complexity index is 619. The second-order valence-corrected chi connectivity index (χ2v) is 8.04. The van der Waals surface area contributed by atoms with Crippen LogP contribution in [0.15, 0.2) is 21.5 Å². The van der Waals surface area contributed by atoms with Crippen LogP contribution in [0.3, 0.4) is 0 Å². The average Bonchev–Trinajstić information content (AvgIpc) is 2.42. The molecule has 1 atom stereocenters. The van der Waals surface area contributed by atoms with Crippen LogP contribution in [0.5, 0.6) is 0 Å². The molecule has 0 bridgehead atoms. The summed E-state index contributed by atoms with van der Waals surface area (Å²) in [5.41, 5.74) is 1.68. The van der Waals surface area contributed by atoms with E-state index in [1.54, 1.807) is 6.07 Å². The summed E-state index contributed by atoms with van der Waals surface area (Å²) in [5.74, 6) is 0. The summed E-state index contributed by atoms with van der Waals surface area (Å²) in [5, 5.41) is 3.05. The molecule has 7 heteroatoms. The van der Waals surface area contributed by atoms with Gasteiger partial charge in [-0.25, -0.2) is 8.42 Å². The summed E-state index contributed by atoms with van der Waals surface area (Å²) in [4.78, 5) is 0.372. The first kappa shape index (κ1) is 16.9. The van der Waals surface area contributed by atoms with E-state index in [4.69, 9.17) is 4.74 Å². The van der Waals surface area contributed by atoms with Crippen molar-refractivity contribution in [3.8, 4) is 0 Å². The largest absolute Gasteiger partial charge is 0.376 e. The molecule has 1 aromatic rings. The van der Waals surface area contributed by atoms with Crippen LogP contribution in [0.2, 0.25) is 0 Å². The minimum atomic E-state index is -3.49. The normalized spacial score (nSPS) is 20.7. The van der Waals surface area contributed by atoms with E-state index in [-0.39, 0.29) is 6.10 Å². The number of nitrogens with zero attached hydrogens (tertiary/aromatic N) is 1. The van der Waals surface area contributed by atoms with Gasteiger partial charge >= 0.3 is 0 Å². The molecule has 21 heavy (non-hydrogen) atoms. The lowest BCUT2D eigenvalue weighted by Gasteiger charge is -2.31. The fraction of sp³-hybridized carbons (Fsp3) is 0.571. The number of morpholine rings is 1. The molecule has 1 heterocycles. The van der Waals surface area contributed by atoms with E-state index >= 15 is 0 Å². The molecule has 0 aliphatic carbocycles. The molecular weight excluding hydrogens is 356 g/mol. The van der Waals surface area contributed by atoms with Gasteiger partial charge in [0.15, 0.2) is 0 Å². The van der Waals surface area contributed by atoms with Gasteiger partial charge in [-0.1, -0.05) is 15.9 Å². The van der Waals surface area contributed by atoms with Crippen LogP contribution >= 0.6 is 15.9 Å². The van der Waals surface area contributed by atoms with E-state index < -0.39 is 10.0 Å². The zero-order chi connectivity index (χ0) is 15.6. The zero-order valence-corrected chi connectivity index (χ0v) is 14.9. The van der Waals surface area contributed by atoms with Gasteiger partial charge in [0, 0.05) is 24.1 Å². The van der Waals surface area contributed by atoms with Crippen molar-refractivity contribution in [2.75, 3.05) is 26.7 Å². The molecule has 1 aliphatic rings. The number of sulfonamides is 1. The highest BCUT2D eigenvalue weighted by Crippen LogP contribution is 2.29. The lowest BCUT2D eigenvalue weighted by molar-refractivity contribution is 0.0102. The van der Waals surface area contributed by atoms with Crippen molar-refractivity contribution in [3.63, 3.8) is 0 Å². The second-order valence-electron chi connectivity index (χ2n) is 5.28. The van der Waals surface area contributed by atoms with Crippen molar-refractivity contribution in [2.45, 2.75) is 31.4 Å². The number of halogens is 1. The van der Waals surface area contributed by atoms with E-state index in [2.05, 4.69) is 21.2 Å². The molecular formula is C14H21BrN2O3S. The third-order valence-corrected chi connectivity index (χ3v) is 6.37. The van der Waals surface area contributed by atoms with Crippen molar-refractivity contribution < 1.29 is 13.2 Å². The fourth-order valence-electron chi connectivity index (χ4n) is 2.42. The summed E-state index contributed by atoms with van der Waals surface area (Å²) in [7, 11) is -1.65. The number of hydrogen-bond acceptors (Lipinski definition) is 4. The molecule has 1 N–H and O–H groups in total. The number of ether oxygens (including phenoxy) is 1. The summed E-state index contributed by atoms with van der Waals surface area (Å²) >= 11 is 3.46. The summed E-state index contributed by atoms with van der Waals surface area (Å²) in [6.07, 6.45) is -0.0715. The average molecular weight is 377 g/mol. The highest BCUT2D eigenvalue weighted by atomic mass is 79.9. The maximum atomic E-state index is 12.9. The van der Waals surface area contributed by atoms with E-state index in [1.165, 1.54) is 4.31 Å². The molecule has 0 saturated carbocycles. The maximum Gasteiger partial charge on any atom is 0.243 e. The Morgan fingerprint density at radius 3 is 2.81 bits per heavy atom.